The molecule has 0 unspecified atom stereocenters. The van der Waals surface area contributed by atoms with Gasteiger partial charge < -0.3 is 5.73 Å². The number of piperazine rings is 1. The molecule has 1 aliphatic heterocycles. The van der Waals surface area contributed by atoms with Crippen molar-refractivity contribution in [2.75, 3.05) is 32.7 Å². The summed E-state index contributed by atoms with van der Waals surface area (Å²) in [7, 11) is 0. The number of carbonyl (C=O) groups excluding carboxylic acids is 1. The number of hydrogen-bond acceptors (Lipinski definition) is 3. The minimum absolute atomic E-state index is 0.204. The summed E-state index contributed by atoms with van der Waals surface area (Å²) in [5.74, 6) is -0.204. The highest BCUT2D eigenvalue weighted by Crippen LogP contribution is 2.24. The largest absolute Gasteiger partial charge is 0.369 e. The van der Waals surface area contributed by atoms with Crippen LogP contribution in [0.4, 0.5) is 0 Å². The van der Waals surface area contributed by atoms with Crippen molar-refractivity contribution in [3.8, 4) is 0 Å². The van der Waals surface area contributed by atoms with E-state index in [4.69, 9.17) is 5.73 Å². The lowest BCUT2D eigenvalue weighted by atomic mass is 10.2. The molecule has 2 rings (SSSR count). The average molecular weight is 211 g/mol. The maximum absolute atomic E-state index is 10.8. The van der Waals surface area contributed by atoms with Crippen LogP contribution in [0.3, 0.4) is 0 Å². The summed E-state index contributed by atoms with van der Waals surface area (Å²) in [6, 6.07) is 0.820. The Balaban J connectivity index is 1.73. The first-order chi connectivity index (χ1) is 7.25. The molecule has 1 heterocycles. The van der Waals surface area contributed by atoms with Gasteiger partial charge in [-0.05, 0) is 12.8 Å². The maximum atomic E-state index is 10.8. The molecular weight excluding hydrogens is 190 g/mol. The van der Waals surface area contributed by atoms with Crippen LogP contribution < -0.4 is 5.73 Å². The second kappa shape index (κ2) is 4.94. The number of nitrogens with zero attached hydrogens (tertiary/aromatic N) is 2. The predicted octanol–water partition coefficient (Wildman–Crippen LogP) is 0.0319. The van der Waals surface area contributed by atoms with E-state index in [1.807, 2.05) is 0 Å². The number of nitrogens with two attached hydrogens (primary N) is 1. The van der Waals surface area contributed by atoms with E-state index in [1.54, 1.807) is 0 Å². The van der Waals surface area contributed by atoms with Gasteiger partial charge in [-0.1, -0.05) is 12.8 Å². The lowest BCUT2D eigenvalue weighted by Crippen LogP contribution is -2.51. The second-order valence-electron chi connectivity index (χ2n) is 4.72. The Morgan fingerprint density at radius 3 is 2.27 bits per heavy atom. The van der Waals surface area contributed by atoms with Crippen molar-refractivity contribution in [1.29, 1.82) is 0 Å². The molecule has 1 aliphatic carbocycles. The zero-order valence-electron chi connectivity index (χ0n) is 9.32. The van der Waals surface area contributed by atoms with Crippen LogP contribution in [-0.4, -0.2) is 54.5 Å². The Bertz CT molecular complexity index is 218. The zero-order chi connectivity index (χ0) is 10.7. The fourth-order valence-corrected chi connectivity index (χ4v) is 2.78. The molecule has 86 valence electrons. The fourth-order valence-electron chi connectivity index (χ4n) is 2.78. The summed E-state index contributed by atoms with van der Waals surface area (Å²) in [6.07, 6.45) is 5.53. The fraction of sp³-hybridized carbons (Fsp3) is 0.909. The molecule has 0 atom stereocenters. The molecule has 2 fully saturated rings. The summed E-state index contributed by atoms with van der Waals surface area (Å²) in [6.45, 7) is 4.65. The first-order valence-corrected chi connectivity index (χ1v) is 6.00. The summed E-state index contributed by atoms with van der Waals surface area (Å²) >= 11 is 0. The molecule has 0 aromatic rings. The third-order valence-electron chi connectivity index (χ3n) is 3.63. The predicted molar refractivity (Wildman–Crippen MR) is 59.5 cm³/mol. The molecule has 0 spiro atoms. The minimum atomic E-state index is -0.204. The molecule has 1 amide bonds. The van der Waals surface area contributed by atoms with Crippen LogP contribution >= 0.6 is 0 Å². The van der Waals surface area contributed by atoms with Crippen molar-refractivity contribution in [3.05, 3.63) is 0 Å². The van der Waals surface area contributed by atoms with Gasteiger partial charge in [0.2, 0.25) is 5.91 Å². The number of hydrogen-bond donors (Lipinski definition) is 1. The van der Waals surface area contributed by atoms with Crippen LogP contribution in [0.25, 0.3) is 0 Å². The molecule has 2 aliphatic rings. The topological polar surface area (TPSA) is 49.6 Å². The first kappa shape index (κ1) is 10.9. The second-order valence-corrected chi connectivity index (χ2v) is 4.72. The van der Waals surface area contributed by atoms with E-state index in [9.17, 15) is 4.79 Å². The van der Waals surface area contributed by atoms with Crippen LogP contribution in [0.5, 0.6) is 0 Å². The summed E-state index contributed by atoms with van der Waals surface area (Å²) in [5.41, 5.74) is 5.19. The van der Waals surface area contributed by atoms with Crippen molar-refractivity contribution in [3.63, 3.8) is 0 Å². The van der Waals surface area contributed by atoms with Gasteiger partial charge in [-0.2, -0.15) is 0 Å². The molecule has 4 heteroatoms. The third-order valence-corrected chi connectivity index (χ3v) is 3.63. The van der Waals surface area contributed by atoms with E-state index in [1.165, 1.54) is 25.7 Å². The van der Waals surface area contributed by atoms with Crippen LogP contribution in [0.2, 0.25) is 0 Å². The van der Waals surface area contributed by atoms with Gasteiger partial charge in [-0.3, -0.25) is 14.6 Å². The van der Waals surface area contributed by atoms with Crippen molar-refractivity contribution >= 4 is 5.91 Å². The molecule has 1 saturated heterocycles. The highest BCUT2D eigenvalue weighted by atomic mass is 16.1. The van der Waals surface area contributed by atoms with Crippen LogP contribution in [0, 0.1) is 0 Å². The van der Waals surface area contributed by atoms with E-state index in [2.05, 4.69) is 9.80 Å². The van der Waals surface area contributed by atoms with Gasteiger partial charge in [0.15, 0.2) is 0 Å². The van der Waals surface area contributed by atoms with Crippen molar-refractivity contribution in [1.82, 2.24) is 9.80 Å². The molecule has 15 heavy (non-hydrogen) atoms. The van der Waals surface area contributed by atoms with Crippen molar-refractivity contribution in [2.24, 2.45) is 5.73 Å². The molecule has 4 nitrogen and oxygen atoms in total. The van der Waals surface area contributed by atoms with E-state index in [-0.39, 0.29) is 5.91 Å². The molecule has 0 aromatic heterocycles. The maximum Gasteiger partial charge on any atom is 0.231 e. The third kappa shape index (κ3) is 2.92. The van der Waals surface area contributed by atoms with Gasteiger partial charge in [0.1, 0.15) is 0 Å². The van der Waals surface area contributed by atoms with Gasteiger partial charge in [0.05, 0.1) is 6.54 Å². The summed E-state index contributed by atoms with van der Waals surface area (Å²) < 4.78 is 0. The van der Waals surface area contributed by atoms with Gasteiger partial charge in [0.25, 0.3) is 0 Å². The Morgan fingerprint density at radius 1 is 1.13 bits per heavy atom. The first-order valence-electron chi connectivity index (χ1n) is 6.00. The summed E-state index contributed by atoms with van der Waals surface area (Å²) in [5, 5.41) is 0. The lowest BCUT2D eigenvalue weighted by molar-refractivity contribution is -0.119. The van der Waals surface area contributed by atoms with Crippen LogP contribution in [0.15, 0.2) is 0 Å². The van der Waals surface area contributed by atoms with Crippen LogP contribution in [0.1, 0.15) is 25.7 Å². The summed E-state index contributed by atoms with van der Waals surface area (Å²) in [4.78, 5) is 15.5. The normalized spacial score (nSPS) is 25.9. The van der Waals surface area contributed by atoms with Gasteiger partial charge >= 0.3 is 0 Å². The molecule has 2 N–H and O–H groups in total. The monoisotopic (exact) mass is 211 g/mol. The number of primary amides is 1. The van der Waals surface area contributed by atoms with Crippen LogP contribution in [-0.2, 0) is 4.79 Å². The van der Waals surface area contributed by atoms with Gasteiger partial charge in [-0.25, -0.2) is 0 Å². The quantitative estimate of drug-likeness (QED) is 0.716. The molecule has 1 saturated carbocycles. The SMILES string of the molecule is NC(=O)CN1CCN(C2CCCC2)CC1. The standard InChI is InChI=1S/C11H21N3O/c12-11(15)9-13-5-7-14(8-6-13)10-3-1-2-4-10/h10H,1-9H2,(H2,12,15). The lowest BCUT2D eigenvalue weighted by Gasteiger charge is -2.37. The zero-order valence-corrected chi connectivity index (χ0v) is 9.32. The van der Waals surface area contributed by atoms with E-state index < -0.39 is 0 Å². The number of rotatable bonds is 3. The van der Waals surface area contributed by atoms with Crippen molar-refractivity contribution in [2.45, 2.75) is 31.7 Å². The number of amides is 1. The molecule has 0 aromatic carbocycles. The van der Waals surface area contributed by atoms with E-state index in [0.29, 0.717) is 6.54 Å². The van der Waals surface area contributed by atoms with Gasteiger partial charge in [0, 0.05) is 32.2 Å². The molecule has 0 bridgehead atoms. The Hall–Kier alpha value is -0.610. The highest BCUT2D eigenvalue weighted by molar-refractivity contribution is 5.75. The molecule has 0 radical (unpaired) electrons. The van der Waals surface area contributed by atoms with E-state index >= 15 is 0 Å². The molecular formula is C11H21N3O. The smallest absolute Gasteiger partial charge is 0.231 e. The Labute approximate surface area is 91.4 Å². The Kier molecular flexibility index (Phi) is 3.59. The minimum Gasteiger partial charge on any atom is -0.369 e. The van der Waals surface area contributed by atoms with E-state index in [0.717, 1.165) is 32.2 Å². The van der Waals surface area contributed by atoms with Crippen molar-refractivity contribution < 1.29 is 4.79 Å². The highest BCUT2D eigenvalue weighted by Gasteiger charge is 2.26. The van der Waals surface area contributed by atoms with Gasteiger partial charge in [-0.15, -0.1) is 0 Å². The Morgan fingerprint density at radius 2 is 1.73 bits per heavy atom. The number of carbonyl (C=O) groups is 1. The average Bonchev–Trinajstić information content (AvgIpc) is 2.71.